The topological polar surface area (TPSA) is 58.6 Å². The monoisotopic (exact) mass is 215 g/mol. The van der Waals surface area contributed by atoms with E-state index in [1.807, 2.05) is 13.8 Å². The summed E-state index contributed by atoms with van der Waals surface area (Å²) in [5, 5.41) is 11.8. The van der Waals surface area contributed by atoms with Crippen LogP contribution >= 0.6 is 0 Å². The lowest BCUT2D eigenvalue weighted by atomic mass is 9.95. The molecule has 0 aromatic heterocycles. The standard InChI is InChI=1S/C11H21NO3/c1-11(2,5-6-13)12-10(14)9-3-7-15-8-4-9/h9,13H,3-8H2,1-2H3,(H,12,14). The van der Waals surface area contributed by atoms with Gasteiger partial charge in [-0.3, -0.25) is 4.79 Å². The summed E-state index contributed by atoms with van der Waals surface area (Å²) in [6, 6.07) is 0. The maximum absolute atomic E-state index is 11.8. The number of aliphatic hydroxyl groups is 1. The summed E-state index contributed by atoms with van der Waals surface area (Å²) in [6.07, 6.45) is 2.20. The lowest BCUT2D eigenvalue weighted by Gasteiger charge is -2.29. The number of hydrogen-bond donors (Lipinski definition) is 2. The van der Waals surface area contributed by atoms with E-state index in [-0.39, 0.29) is 24.0 Å². The van der Waals surface area contributed by atoms with Crippen LogP contribution in [0.3, 0.4) is 0 Å². The minimum absolute atomic E-state index is 0.0803. The summed E-state index contributed by atoms with van der Waals surface area (Å²) in [5.74, 6) is 0.175. The molecular formula is C11H21NO3. The van der Waals surface area contributed by atoms with Crippen LogP contribution in [0.5, 0.6) is 0 Å². The highest BCUT2D eigenvalue weighted by Gasteiger charge is 2.26. The van der Waals surface area contributed by atoms with Crippen LogP contribution in [0.15, 0.2) is 0 Å². The average molecular weight is 215 g/mol. The first kappa shape index (κ1) is 12.5. The van der Waals surface area contributed by atoms with Crippen molar-refractivity contribution in [2.45, 2.75) is 38.6 Å². The van der Waals surface area contributed by atoms with E-state index in [0.717, 1.165) is 12.8 Å². The molecule has 1 heterocycles. The van der Waals surface area contributed by atoms with Gasteiger partial charge in [0.2, 0.25) is 5.91 Å². The molecule has 2 N–H and O–H groups in total. The fraction of sp³-hybridized carbons (Fsp3) is 0.909. The van der Waals surface area contributed by atoms with E-state index < -0.39 is 0 Å². The van der Waals surface area contributed by atoms with Crippen LogP contribution in [0.25, 0.3) is 0 Å². The van der Waals surface area contributed by atoms with E-state index in [1.165, 1.54) is 0 Å². The van der Waals surface area contributed by atoms with Crippen molar-refractivity contribution in [1.82, 2.24) is 5.32 Å². The van der Waals surface area contributed by atoms with E-state index in [4.69, 9.17) is 9.84 Å². The molecule has 1 aliphatic rings. The smallest absolute Gasteiger partial charge is 0.223 e. The second-order valence-electron chi connectivity index (χ2n) is 4.73. The van der Waals surface area contributed by atoms with E-state index in [9.17, 15) is 4.79 Å². The van der Waals surface area contributed by atoms with Gasteiger partial charge in [0.1, 0.15) is 0 Å². The van der Waals surface area contributed by atoms with Gasteiger partial charge in [0.05, 0.1) is 0 Å². The van der Waals surface area contributed by atoms with Gasteiger partial charge in [-0.25, -0.2) is 0 Å². The molecule has 1 rings (SSSR count). The summed E-state index contributed by atoms with van der Waals surface area (Å²) in [6.45, 7) is 5.32. The number of ether oxygens (including phenoxy) is 1. The Balaban J connectivity index is 2.39. The predicted octanol–water partition coefficient (Wildman–Crippen LogP) is 0.690. The molecule has 0 unspecified atom stereocenters. The molecule has 4 heteroatoms. The fourth-order valence-corrected chi connectivity index (χ4v) is 1.74. The molecule has 1 aliphatic heterocycles. The van der Waals surface area contributed by atoms with Gasteiger partial charge in [-0.05, 0) is 33.1 Å². The van der Waals surface area contributed by atoms with Crippen molar-refractivity contribution in [1.29, 1.82) is 0 Å². The molecule has 0 aromatic rings. The molecule has 0 saturated carbocycles. The summed E-state index contributed by atoms with van der Waals surface area (Å²) >= 11 is 0. The van der Waals surface area contributed by atoms with Crippen molar-refractivity contribution in [2.75, 3.05) is 19.8 Å². The van der Waals surface area contributed by atoms with Crippen LogP contribution in [-0.4, -0.2) is 36.4 Å². The summed E-state index contributed by atoms with van der Waals surface area (Å²) in [7, 11) is 0. The van der Waals surface area contributed by atoms with Crippen LogP contribution in [0.4, 0.5) is 0 Å². The highest BCUT2D eigenvalue weighted by molar-refractivity contribution is 5.79. The molecule has 0 bridgehead atoms. The van der Waals surface area contributed by atoms with Crippen LogP contribution in [0.1, 0.15) is 33.1 Å². The molecule has 0 atom stereocenters. The Morgan fingerprint density at radius 1 is 1.47 bits per heavy atom. The van der Waals surface area contributed by atoms with E-state index in [0.29, 0.717) is 19.6 Å². The number of amides is 1. The Hall–Kier alpha value is -0.610. The largest absolute Gasteiger partial charge is 0.396 e. The zero-order valence-corrected chi connectivity index (χ0v) is 9.58. The Morgan fingerprint density at radius 2 is 2.07 bits per heavy atom. The van der Waals surface area contributed by atoms with E-state index in [2.05, 4.69) is 5.32 Å². The van der Waals surface area contributed by atoms with Crippen LogP contribution in [0.2, 0.25) is 0 Å². The molecule has 88 valence electrons. The van der Waals surface area contributed by atoms with Gasteiger partial charge in [0, 0.05) is 31.3 Å². The van der Waals surface area contributed by atoms with Crippen molar-refractivity contribution in [2.24, 2.45) is 5.92 Å². The van der Waals surface area contributed by atoms with Crippen molar-refractivity contribution < 1.29 is 14.6 Å². The van der Waals surface area contributed by atoms with Crippen molar-refractivity contribution in [3.63, 3.8) is 0 Å². The third-order valence-corrected chi connectivity index (χ3v) is 2.79. The maximum atomic E-state index is 11.8. The fourth-order valence-electron chi connectivity index (χ4n) is 1.74. The van der Waals surface area contributed by atoms with Gasteiger partial charge in [0.25, 0.3) is 0 Å². The SMILES string of the molecule is CC(C)(CCO)NC(=O)C1CCOCC1. The molecule has 0 spiro atoms. The van der Waals surface area contributed by atoms with Gasteiger partial charge in [-0.15, -0.1) is 0 Å². The lowest BCUT2D eigenvalue weighted by molar-refractivity contribution is -0.129. The highest BCUT2D eigenvalue weighted by atomic mass is 16.5. The minimum atomic E-state index is -0.315. The molecule has 1 saturated heterocycles. The van der Waals surface area contributed by atoms with Gasteiger partial charge in [-0.1, -0.05) is 0 Å². The molecule has 1 fully saturated rings. The maximum Gasteiger partial charge on any atom is 0.223 e. The highest BCUT2D eigenvalue weighted by Crippen LogP contribution is 2.17. The summed E-state index contributed by atoms with van der Waals surface area (Å²) in [5.41, 5.74) is -0.315. The first-order valence-corrected chi connectivity index (χ1v) is 5.56. The molecular weight excluding hydrogens is 194 g/mol. The van der Waals surface area contributed by atoms with Gasteiger partial charge < -0.3 is 15.2 Å². The summed E-state index contributed by atoms with van der Waals surface area (Å²) in [4.78, 5) is 11.8. The normalized spacial score (nSPS) is 18.9. The second kappa shape index (κ2) is 5.47. The number of carbonyl (C=O) groups excluding carboxylic acids is 1. The second-order valence-corrected chi connectivity index (χ2v) is 4.73. The van der Waals surface area contributed by atoms with E-state index >= 15 is 0 Å². The summed E-state index contributed by atoms with van der Waals surface area (Å²) < 4.78 is 5.21. The average Bonchev–Trinajstić information content (AvgIpc) is 2.18. The number of nitrogens with one attached hydrogen (secondary N) is 1. The third kappa shape index (κ3) is 4.18. The number of hydrogen-bond acceptors (Lipinski definition) is 3. The molecule has 1 amide bonds. The van der Waals surface area contributed by atoms with Gasteiger partial charge in [0.15, 0.2) is 0 Å². The Bertz CT molecular complexity index is 210. The van der Waals surface area contributed by atoms with Crippen LogP contribution < -0.4 is 5.32 Å². The third-order valence-electron chi connectivity index (χ3n) is 2.79. The Kier molecular flexibility index (Phi) is 4.54. The number of aliphatic hydroxyl groups excluding tert-OH is 1. The zero-order valence-electron chi connectivity index (χ0n) is 9.58. The number of carbonyl (C=O) groups is 1. The van der Waals surface area contributed by atoms with Crippen LogP contribution in [0, 0.1) is 5.92 Å². The van der Waals surface area contributed by atoms with E-state index in [1.54, 1.807) is 0 Å². The molecule has 0 aromatic carbocycles. The van der Waals surface area contributed by atoms with Gasteiger partial charge >= 0.3 is 0 Å². The molecule has 0 aliphatic carbocycles. The van der Waals surface area contributed by atoms with Crippen LogP contribution in [-0.2, 0) is 9.53 Å². The Labute approximate surface area is 91.0 Å². The molecule has 15 heavy (non-hydrogen) atoms. The van der Waals surface area contributed by atoms with Crippen molar-refractivity contribution in [3.8, 4) is 0 Å². The Morgan fingerprint density at radius 3 is 2.60 bits per heavy atom. The zero-order chi connectivity index (χ0) is 11.3. The first-order valence-electron chi connectivity index (χ1n) is 5.56. The predicted molar refractivity (Wildman–Crippen MR) is 57.5 cm³/mol. The quantitative estimate of drug-likeness (QED) is 0.725. The first-order chi connectivity index (χ1) is 7.05. The molecule has 4 nitrogen and oxygen atoms in total. The van der Waals surface area contributed by atoms with Gasteiger partial charge in [-0.2, -0.15) is 0 Å². The molecule has 0 radical (unpaired) electrons. The lowest BCUT2D eigenvalue weighted by Crippen LogP contribution is -2.47. The van der Waals surface area contributed by atoms with Crippen molar-refractivity contribution in [3.05, 3.63) is 0 Å². The minimum Gasteiger partial charge on any atom is -0.396 e. The van der Waals surface area contributed by atoms with Crippen molar-refractivity contribution >= 4 is 5.91 Å². The number of rotatable bonds is 4.